The number of unbranched alkanes of at least 4 members (excludes halogenated alkanes) is 9. The van der Waals surface area contributed by atoms with Crippen LogP contribution in [0.15, 0.2) is 0 Å². The van der Waals surface area contributed by atoms with Crippen LogP contribution in [0.3, 0.4) is 0 Å². The second-order valence-corrected chi connectivity index (χ2v) is 9.09. The lowest BCUT2D eigenvalue weighted by Gasteiger charge is -2.28. The zero-order chi connectivity index (χ0) is 28.3. The number of imide groups is 2. The van der Waals surface area contributed by atoms with Crippen LogP contribution in [0.4, 0.5) is 14.4 Å². The summed E-state index contributed by atoms with van der Waals surface area (Å²) in [6.45, 7) is 4.56. The minimum Gasteiger partial charge on any atom is -0.449 e. The highest BCUT2D eigenvalue weighted by atomic mass is 16.6. The molecule has 13 nitrogen and oxygen atoms in total. The van der Waals surface area contributed by atoms with Gasteiger partial charge in [-0.1, -0.05) is 45.4 Å². The van der Waals surface area contributed by atoms with E-state index < -0.39 is 18.2 Å². The molecule has 0 atom stereocenters. The monoisotopic (exact) mass is 548 g/mol. The molecule has 0 aliphatic carbocycles. The van der Waals surface area contributed by atoms with Crippen molar-refractivity contribution >= 4 is 18.2 Å². The van der Waals surface area contributed by atoms with E-state index in [1.807, 2.05) is 6.92 Å². The minimum absolute atomic E-state index is 0.171. The molecular formula is C25H52N6O7. The lowest BCUT2D eigenvalue weighted by molar-refractivity contribution is 0.0902. The van der Waals surface area contributed by atoms with Gasteiger partial charge >= 0.3 is 18.2 Å². The van der Waals surface area contributed by atoms with Gasteiger partial charge in [-0.2, -0.15) is 0 Å². The normalized spacial score (nSPS) is 10.8. The number of amides is 5. The van der Waals surface area contributed by atoms with E-state index in [-0.39, 0.29) is 19.7 Å². The molecule has 5 amide bonds. The van der Waals surface area contributed by atoms with Crippen LogP contribution >= 0.6 is 0 Å². The molecule has 0 saturated carbocycles. The summed E-state index contributed by atoms with van der Waals surface area (Å²) in [4.78, 5) is 46.2. The molecule has 0 aromatic heterocycles. The van der Waals surface area contributed by atoms with Crippen molar-refractivity contribution in [2.75, 3.05) is 53.0 Å². The molecule has 0 heterocycles. The lowest BCUT2D eigenvalue weighted by Crippen LogP contribution is -2.52. The van der Waals surface area contributed by atoms with Gasteiger partial charge in [-0.15, -0.1) is 0 Å². The number of hydrogen-bond acceptors (Lipinski definition) is 10. The zero-order valence-corrected chi connectivity index (χ0v) is 23.5. The first kappa shape index (κ1) is 36.0. The van der Waals surface area contributed by atoms with E-state index in [2.05, 4.69) is 21.8 Å². The van der Waals surface area contributed by atoms with Crippen LogP contribution in [0.1, 0.15) is 90.4 Å². The molecule has 0 radical (unpaired) electrons. The molecule has 224 valence electrons. The molecule has 13 heteroatoms. The molecule has 0 saturated heterocycles. The third kappa shape index (κ3) is 19.1. The number of carbonyl (C=O) groups excluding carboxylic acids is 3. The fourth-order valence-corrected chi connectivity index (χ4v) is 3.69. The van der Waals surface area contributed by atoms with Gasteiger partial charge in [-0.25, -0.2) is 40.6 Å². The van der Waals surface area contributed by atoms with Crippen molar-refractivity contribution in [2.45, 2.75) is 90.4 Å². The number of rotatable bonds is 24. The fraction of sp³-hybridized carbons (Fsp3) is 0.880. The first-order valence-electron chi connectivity index (χ1n) is 14.1. The molecule has 0 fully saturated rings. The summed E-state index contributed by atoms with van der Waals surface area (Å²) in [6.07, 6.45) is 9.45. The fourth-order valence-electron chi connectivity index (χ4n) is 3.69. The number of nitrogens with zero attached hydrogens (tertiary/aromatic N) is 2. The first-order chi connectivity index (χ1) is 18.5. The van der Waals surface area contributed by atoms with Crippen molar-refractivity contribution in [3.8, 4) is 0 Å². The Balaban J connectivity index is 5.11. The largest absolute Gasteiger partial charge is 0.449 e. The van der Waals surface area contributed by atoms with Crippen molar-refractivity contribution < 1.29 is 34.4 Å². The van der Waals surface area contributed by atoms with Gasteiger partial charge in [0, 0.05) is 39.3 Å². The Labute approximate surface area is 227 Å². The molecule has 0 aliphatic rings. The number of ether oxygens (including phenoxy) is 1. The smallest absolute Gasteiger partial charge is 0.417 e. The second kappa shape index (κ2) is 26.6. The maximum absolute atomic E-state index is 13.5. The Morgan fingerprint density at radius 2 is 1.18 bits per heavy atom. The van der Waals surface area contributed by atoms with E-state index >= 15 is 0 Å². The molecule has 0 aliphatic heterocycles. The predicted molar refractivity (Wildman–Crippen MR) is 144 cm³/mol. The van der Waals surface area contributed by atoms with Crippen molar-refractivity contribution in [1.82, 2.24) is 31.6 Å². The predicted octanol–water partition coefficient (Wildman–Crippen LogP) is 3.76. The van der Waals surface area contributed by atoms with Crippen molar-refractivity contribution in [3.63, 3.8) is 0 Å². The van der Waals surface area contributed by atoms with E-state index in [1.165, 1.54) is 0 Å². The Bertz CT molecular complexity index is 601. The summed E-state index contributed by atoms with van der Waals surface area (Å²) in [7, 11) is 1.57. The van der Waals surface area contributed by atoms with Crippen LogP contribution in [-0.4, -0.2) is 91.4 Å². The van der Waals surface area contributed by atoms with Crippen LogP contribution in [0, 0.1) is 0 Å². The van der Waals surface area contributed by atoms with Crippen molar-refractivity contribution in [1.29, 1.82) is 0 Å². The standard InChI is InChI=1S/C25H52N6O7/c1-3-22-38-25(34)31(21-15-9-7-13-19-29-37-2)24(33)30(20-14-8-6-12-18-28-36)23(32)26-16-10-4-5-11-17-27-35/h27-29,35-36H,3-22H2,1-2H3,(H,26,32). The molecule has 38 heavy (non-hydrogen) atoms. The quantitative estimate of drug-likeness (QED) is 0.0773. The van der Waals surface area contributed by atoms with Gasteiger partial charge in [0.2, 0.25) is 0 Å². The van der Waals surface area contributed by atoms with Crippen LogP contribution in [-0.2, 0) is 9.57 Å². The molecule has 0 rings (SSSR count). The van der Waals surface area contributed by atoms with Crippen LogP contribution in [0.25, 0.3) is 0 Å². The maximum atomic E-state index is 13.5. The highest BCUT2D eigenvalue weighted by molar-refractivity contribution is 6.00. The van der Waals surface area contributed by atoms with Crippen LogP contribution in [0.5, 0.6) is 0 Å². The van der Waals surface area contributed by atoms with Crippen LogP contribution < -0.4 is 21.8 Å². The third-order valence-electron chi connectivity index (χ3n) is 5.82. The summed E-state index contributed by atoms with van der Waals surface area (Å²) in [5, 5.41) is 20.1. The minimum atomic E-state index is -0.734. The van der Waals surface area contributed by atoms with E-state index in [0.717, 1.165) is 80.6 Å². The second-order valence-electron chi connectivity index (χ2n) is 9.09. The first-order valence-corrected chi connectivity index (χ1v) is 14.1. The molecular weight excluding hydrogens is 496 g/mol. The summed E-state index contributed by atoms with van der Waals surface area (Å²) in [6, 6.07) is -1.20. The van der Waals surface area contributed by atoms with E-state index in [1.54, 1.807) is 7.11 Å². The van der Waals surface area contributed by atoms with E-state index in [9.17, 15) is 14.4 Å². The molecule has 0 aromatic carbocycles. The van der Waals surface area contributed by atoms with Crippen molar-refractivity contribution in [3.05, 3.63) is 0 Å². The van der Waals surface area contributed by atoms with Crippen LogP contribution in [0.2, 0.25) is 0 Å². The zero-order valence-electron chi connectivity index (χ0n) is 23.5. The number of hydroxylamine groups is 3. The summed E-state index contributed by atoms with van der Waals surface area (Å²) in [5.74, 6) is 0. The number of nitrogens with one attached hydrogen (secondary N) is 4. The third-order valence-corrected chi connectivity index (χ3v) is 5.82. The Kier molecular flexibility index (Phi) is 25.2. The Morgan fingerprint density at radius 3 is 1.71 bits per heavy atom. The summed E-state index contributed by atoms with van der Waals surface area (Å²) >= 11 is 0. The van der Waals surface area contributed by atoms with Gasteiger partial charge in [0.1, 0.15) is 0 Å². The number of urea groups is 2. The SMILES string of the molecule is CCCOC(=O)N(CCCCCCNOC)C(=O)N(CCCCCCNO)C(=O)NCCCCCCNO. The lowest BCUT2D eigenvalue weighted by atomic mass is 10.2. The Morgan fingerprint density at radius 1 is 0.684 bits per heavy atom. The topological polar surface area (TPSA) is 165 Å². The molecule has 0 bridgehead atoms. The Hall–Kier alpha value is -2.03. The summed E-state index contributed by atoms with van der Waals surface area (Å²) < 4.78 is 5.26. The van der Waals surface area contributed by atoms with Gasteiger partial charge in [-0.3, -0.25) is 0 Å². The number of carbonyl (C=O) groups is 3. The molecule has 0 unspecified atom stereocenters. The maximum Gasteiger partial charge on any atom is 0.417 e. The summed E-state index contributed by atoms with van der Waals surface area (Å²) in [5.41, 5.74) is 7.03. The molecule has 0 spiro atoms. The van der Waals surface area contributed by atoms with Gasteiger partial charge in [0.25, 0.3) is 0 Å². The average molecular weight is 549 g/mol. The molecule has 0 aromatic rings. The average Bonchev–Trinajstić information content (AvgIpc) is 2.92. The molecule has 6 N–H and O–H groups in total. The number of hydrogen-bond donors (Lipinski definition) is 6. The van der Waals surface area contributed by atoms with E-state index in [4.69, 9.17) is 20.0 Å². The van der Waals surface area contributed by atoms with Gasteiger partial charge in [0.05, 0.1) is 13.7 Å². The van der Waals surface area contributed by atoms with Gasteiger partial charge in [-0.05, 0) is 44.9 Å². The highest BCUT2D eigenvalue weighted by Gasteiger charge is 2.31. The van der Waals surface area contributed by atoms with Gasteiger partial charge in [0.15, 0.2) is 0 Å². The van der Waals surface area contributed by atoms with Crippen molar-refractivity contribution in [2.24, 2.45) is 0 Å². The highest BCUT2D eigenvalue weighted by Crippen LogP contribution is 2.11. The van der Waals surface area contributed by atoms with Gasteiger partial charge < -0.3 is 25.3 Å². The van der Waals surface area contributed by atoms with E-state index in [0.29, 0.717) is 38.9 Å².